The highest BCUT2D eigenvalue weighted by molar-refractivity contribution is 6.27. The van der Waals surface area contributed by atoms with E-state index < -0.39 is 11.8 Å². The molecule has 0 spiro atoms. The van der Waals surface area contributed by atoms with Crippen LogP contribution in [0.25, 0.3) is 22.3 Å². The molecule has 6 nitrogen and oxygen atoms in total. The van der Waals surface area contributed by atoms with Crippen LogP contribution in [-0.4, -0.2) is 36.3 Å². The molecule has 30 heavy (non-hydrogen) atoms. The maximum absolute atomic E-state index is 13.4. The van der Waals surface area contributed by atoms with Crippen LogP contribution in [0.3, 0.4) is 0 Å². The van der Waals surface area contributed by atoms with Crippen molar-refractivity contribution in [2.24, 2.45) is 0 Å². The molecule has 3 rings (SSSR count). The number of nitrogens with two attached hydrogens (primary N) is 1. The van der Waals surface area contributed by atoms with Gasteiger partial charge in [0.05, 0.1) is 12.6 Å². The first-order valence-electron chi connectivity index (χ1n) is 9.39. The number of anilines is 1. The summed E-state index contributed by atoms with van der Waals surface area (Å²) in [5.74, 6) is -1.12. The highest BCUT2D eigenvalue weighted by Gasteiger charge is 2.26. The van der Waals surface area contributed by atoms with E-state index in [-0.39, 0.29) is 35.8 Å². The fourth-order valence-electron chi connectivity index (χ4n) is 3.27. The second kappa shape index (κ2) is 8.75. The van der Waals surface area contributed by atoms with Crippen molar-refractivity contribution in [1.82, 2.24) is 4.90 Å². The summed E-state index contributed by atoms with van der Waals surface area (Å²) in [5.41, 5.74) is 8.40. The Hall–Kier alpha value is -3.06. The maximum Gasteiger partial charge on any atom is 0.342 e. The summed E-state index contributed by atoms with van der Waals surface area (Å²) < 4.78 is 24.5. The zero-order valence-electron chi connectivity index (χ0n) is 16.9. The molecule has 158 valence electrons. The first-order chi connectivity index (χ1) is 14.3. The molecule has 1 atom stereocenters. The number of ether oxygens (including phenoxy) is 1. The van der Waals surface area contributed by atoms with E-state index in [1.807, 2.05) is 6.92 Å². The van der Waals surface area contributed by atoms with E-state index in [1.54, 1.807) is 26.1 Å². The third kappa shape index (κ3) is 3.98. The van der Waals surface area contributed by atoms with Gasteiger partial charge in [-0.05, 0) is 49.7 Å². The van der Waals surface area contributed by atoms with Gasteiger partial charge in [-0.25, -0.2) is 9.18 Å². The van der Waals surface area contributed by atoms with Crippen molar-refractivity contribution in [2.75, 3.05) is 25.3 Å². The standard InChI is InChI=1S/C22H22ClFN2O4/c1-4-29-22(28)20-16-9-15(12(2)26(3)19(27)11-23)17(25)10-18(16)30-21(20)13-5-7-14(24)8-6-13/h5-10,12H,4,11,25H2,1-3H3. The van der Waals surface area contributed by atoms with Crippen LogP contribution in [-0.2, 0) is 9.53 Å². The summed E-state index contributed by atoms with van der Waals surface area (Å²) in [6, 6.07) is 8.55. The lowest BCUT2D eigenvalue weighted by Gasteiger charge is -2.25. The number of carbonyl (C=O) groups excluding carboxylic acids is 2. The van der Waals surface area contributed by atoms with Crippen molar-refractivity contribution < 1.29 is 23.1 Å². The lowest BCUT2D eigenvalue weighted by Crippen LogP contribution is -2.30. The Morgan fingerprint density at radius 3 is 2.53 bits per heavy atom. The molecule has 0 fully saturated rings. The Labute approximate surface area is 178 Å². The molecule has 1 amide bonds. The predicted octanol–water partition coefficient (Wildman–Crippen LogP) is 4.76. The molecule has 1 heterocycles. The first-order valence-corrected chi connectivity index (χ1v) is 9.92. The lowest BCUT2D eigenvalue weighted by atomic mass is 9.99. The lowest BCUT2D eigenvalue weighted by molar-refractivity contribution is -0.129. The molecule has 0 aliphatic heterocycles. The number of nitrogens with zero attached hydrogens (tertiary/aromatic N) is 1. The Morgan fingerprint density at radius 1 is 1.27 bits per heavy atom. The molecule has 1 unspecified atom stereocenters. The van der Waals surface area contributed by atoms with Crippen molar-refractivity contribution >= 4 is 40.1 Å². The van der Waals surface area contributed by atoms with E-state index >= 15 is 0 Å². The van der Waals surface area contributed by atoms with Crippen LogP contribution < -0.4 is 5.73 Å². The minimum atomic E-state index is -0.566. The molecule has 3 aromatic rings. The van der Waals surface area contributed by atoms with E-state index in [0.717, 1.165) is 0 Å². The first kappa shape index (κ1) is 21.6. The second-order valence-corrected chi connectivity index (χ2v) is 7.09. The molecule has 0 saturated heterocycles. The predicted molar refractivity (Wildman–Crippen MR) is 114 cm³/mol. The second-order valence-electron chi connectivity index (χ2n) is 6.83. The van der Waals surface area contributed by atoms with Gasteiger partial charge < -0.3 is 19.8 Å². The number of hydrogen-bond acceptors (Lipinski definition) is 5. The van der Waals surface area contributed by atoms with Crippen molar-refractivity contribution in [2.45, 2.75) is 19.9 Å². The fraction of sp³-hybridized carbons (Fsp3) is 0.273. The molecule has 0 aliphatic carbocycles. The number of hydrogen-bond donors (Lipinski definition) is 1. The van der Waals surface area contributed by atoms with Gasteiger partial charge in [-0.2, -0.15) is 0 Å². The molecular weight excluding hydrogens is 411 g/mol. The summed E-state index contributed by atoms with van der Waals surface area (Å²) in [6.07, 6.45) is 0. The third-order valence-electron chi connectivity index (χ3n) is 5.02. The normalized spacial score (nSPS) is 12.0. The van der Waals surface area contributed by atoms with E-state index in [2.05, 4.69) is 0 Å². The molecule has 2 N–H and O–H groups in total. The number of amides is 1. The van der Waals surface area contributed by atoms with Crippen LogP contribution in [0.4, 0.5) is 10.1 Å². The molecule has 0 saturated carbocycles. The Balaban J connectivity index is 2.22. The molecule has 0 bridgehead atoms. The molecular formula is C22H22ClFN2O4. The number of carbonyl (C=O) groups is 2. The number of nitrogen functional groups attached to an aromatic ring is 1. The van der Waals surface area contributed by atoms with Crippen LogP contribution in [0, 0.1) is 5.82 Å². The monoisotopic (exact) mass is 432 g/mol. The molecule has 8 heteroatoms. The van der Waals surface area contributed by atoms with Crippen molar-refractivity contribution in [1.29, 1.82) is 0 Å². The van der Waals surface area contributed by atoms with Gasteiger partial charge in [-0.3, -0.25) is 4.79 Å². The summed E-state index contributed by atoms with van der Waals surface area (Å²) in [6.45, 7) is 3.70. The number of fused-ring (bicyclic) bond motifs is 1. The zero-order chi connectivity index (χ0) is 22.0. The highest BCUT2D eigenvalue weighted by atomic mass is 35.5. The summed E-state index contributed by atoms with van der Waals surface area (Å²) in [7, 11) is 1.63. The molecule has 0 radical (unpaired) electrons. The SMILES string of the molecule is CCOC(=O)c1c(-c2ccc(F)cc2)oc2cc(N)c(C(C)N(C)C(=O)CCl)cc12. The van der Waals surface area contributed by atoms with Crippen LogP contribution in [0.15, 0.2) is 40.8 Å². The number of halogens is 2. The van der Waals surface area contributed by atoms with Crippen molar-refractivity contribution in [3.05, 3.63) is 53.3 Å². The van der Waals surface area contributed by atoms with Gasteiger partial charge in [0.15, 0.2) is 0 Å². The molecule has 1 aromatic heterocycles. The smallest absolute Gasteiger partial charge is 0.342 e. The van der Waals surface area contributed by atoms with Gasteiger partial charge in [0.2, 0.25) is 5.91 Å². The van der Waals surface area contributed by atoms with E-state index in [4.69, 9.17) is 26.5 Å². The largest absolute Gasteiger partial charge is 0.462 e. The number of esters is 1. The summed E-state index contributed by atoms with van der Waals surface area (Å²) >= 11 is 5.67. The Morgan fingerprint density at radius 2 is 1.93 bits per heavy atom. The number of alkyl halides is 1. The van der Waals surface area contributed by atoms with Crippen LogP contribution in [0.2, 0.25) is 0 Å². The van der Waals surface area contributed by atoms with Crippen LogP contribution in [0.1, 0.15) is 35.8 Å². The van der Waals surface area contributed by atoms with Gasteiger partial charge in [0, 0.05) is 29.8 Å². The van der Waals surface area contributed by atoms with Gasteiger partial charge in [-0.1, -0.05) is 0 Å². The minimum absolute atomic E-state index is 0.155. The molecule has 0 aliphatic rings. The summed E-state index contributed by atoms with van der Waals surface area (Å²) in [4.78, 5) is 26.3. The van der Waals surface area contributed by atoms with Gasteiger partial charge >= 0.3 is 5.97 Å². The van der Waals surface area contributed by atoms with E-state index in [1.165, 1.54) is 29.2 Å². The van der Waals surface area contributed by atoms with Crippen molar-refractivity contribution in [3.63, 3.8) is 0 Å². The maximum atomic E-state index is 13.4. The minimum Gasteiger partial charge on any atom is -0.462 e. The average Bonchev–Trinajstić information content (AvgIpc) is 3.10. The molecule has 2 aromatic carbocycles. The number of furan rings is 1. The quantitative estimate of drug-likeness (QED) is 0.345. The zero-order valence-corrected chi connectivity index (χ0v) is 17.6. The number of benzene rings is 2. The van der Waals surface area contributed by atoms with Crippen LogP contribution in [0.5, 0.6) is 0 Å². The summed E-state index contributed by atoms with van der Waals surface area (Å²) in [5, 5.41) is 0.496. The van der Waals surface area contributed by atoms with Crippen LogP contribution >= 0.6 is 11.6 Å². The Bertz CT molecular complexity index is 1090. The fourth-order valence-corrected chi connectivity index (χ4v) is 3.46. The average molecular weight is 433 g/mol. The topological polar surface area (TPSA) is 85.8 Å². The van der Waals surface area contributed by atoms with Gasteiger partial charge in [0.1, 0.15) is 28.6 Å². The van der Waals surface area contributed by atoms with E-state index in [0.29, 0.717) is 27.8 Å². The van der Waals surface area contributed by atoms with Gasteiger partial charge in [0.25, 0.3) is 0 Å². The third-order valence-corrected chi connectivity index (χ3v) is 5.25. The highest BCUT2D eigenvalue weighted by Crippen LogP contribution is 2.38. The van der Waals surface area contributed by atoms with Gasteiger partial charge in [-0.15, -0.1) is 11.6 Å². The van der Waals surface area contributed by atoms with Crippen molar-refractivity contribution in [3.8, 4) is 11.3 Å². The Kier molecular flexibility index (Phi) is 6.31. The number of rotatable bonds is 6. The van der Waals surface area contributed by atoms with E-state index in [9.17, 15) is 14.0 Å².